The molecule has 23 heavy (non-hydrogen) atoms. The quantitative estimate of drug-likeness (QED) is 0.758. The third-order valence-corrected chi connectivity index (χ3v) is 4.01. The minimum atomic E-state index is 0.531. The maximum atomic E-state index is 4.46. The molecule has 0 aliphatic heterocycles. The topological polar surface area (TPSA) is 58.9 Å². The van der Waals surface area contributed by atoms with E-state index in [4.69, 9.17) is 0 Å². The molecule has 120 valence electrons. The number of hydrogen-bond donors (Lipinski definition) is 1. The fourth-order valence-electron chi connectivity index (χ4n) is 2.35. The highest BCUT2D eigenvalue weighted by Gasteiger charge is 2.11. The summed E-state index contributed by atoms with van der Waals surface area (Å²) in [4.78, 5) is 11.0. The van der Waals surface area contributed by atoms with Gasteiger partial charge in [-0.25, -0.2) is 14.6 Å². The highest BCUT2D eigenvalue weighted by Crippen LogP contribution is 2.21. The Labute approximate surface area is 136 Å². The number of rotatable bonds is 6. The fraction of sp³-hybridized carbons (Fsp3) is 0.353. The molecule has 2 heterocycles. The minimum Gasteiger partial charge on any atom is -0.368 e. The molecule has 6 heteroatoms. The number of anilines is 1. The van der Waals surface area contributed by atoms with Gasteiger partial charge in [0.15, 0.2) is 5.65 Å². The fourth-order valence-corrected chi connectivity index (χ4v) is 2.35. The van der Waals surface area contributed by atoms with Gasteiger partial charge in [-0.05, 0) is 33.0 Å². The van der Waals surface area contributed by atoms with Crippen molar-refractivity contribution in [2.75, 3.05) is 25.5 Å². The summed E-state index contributed by atoms with van der Waals surface area (Å²) in [6.45, 7) is 6.16. The summed E-state index contributed by atoms with van der Waals surface area (Å²) in [5.74, 6) is 0.828. The third kappa shape index (κ3) is 3.32. The SMILES string of the molecule is CC(C)N(C)CCNc1ncnc2c1cnn2-c1ccccc1. The molecule has 0 aliphatic carbocycles. The number of likely N-dealkylation sites (N-methyl/N-ethyl adjacent to an activating group) is 1. The van der Waals surface area contributed by atoms with Gasteiger partial charge in [-0.15, -0.1) is 0 Å². The Morgan fingerprint density at radius 1 is 1.17 bits per heavy atom. The van der Waals surface area contributed by atoms with Crippen LogP contribution in [0.15, 0.2) is 42.9 Å². The lowest BCUT2D eigenvalue weighted by Gasteiger charge is -2.21. The largest absolute Gasteiger partial charge is 0.368 e. The number of para-hydroxylation sites is 1. The van der Waals surface area contributed by atoms with Gasteiger partial charge in [0, 0.05) is 19.1 Å². The van der Waals surface area contributed by atoms with Gasteiger partial charge < -0.3 is 10.2 Å². The highest BCUT2D eigenvalue weighted by molar-refractivity contribution is 5.87. The summed E-state index contributed by atoms with van der Waals surface area (Å²) in [5.41, 5.74) is 1.80. The lowest BCUT2D eigenvalue weighted by Crippen LogP contribution is -2.31. The Morgan fingerprint density at radius 3 is 2.70 bits per heavy atom. The molecule has 0 aliphatic rings. The molecular weight excluding hydrogens is 288 g/mol. The zero-order valence-corrected chi connectivity index (χ0v) is 13.8. The van der Waals surface area contributed by atoms with Crippen molar-refractivity contribution in [3.63, 3.8) is 0 Å². The van der Waals surface area contributed by atoms with E-state index >= 15 is 0 Å². The van der Waals surface area contributed by atoms with Crippen LogP contribution in [0.1, 0.15) is 13.8 Å². The summed E-state index contributed by atoms with van der Waals surface area (Å²) in [6, 6.07) is 10.5. The van der Waals surface area contributed by atoms with Crippen molar-refractivity contribution < 1.29 is 0 Å². The number of fused-ring (bicyclic) bond motifs is 1. The molecule has 0 amide bonds. The van der Waals surface area contributed by atoms with Crippen LogP contribution < -0.4 is 5.32 Å². The predicted molar refractivity (Wildman–Crippen MR) is 92.9 cm³/mol. The van der Waals surface area contributed by atoms with Crippen LogP contribution in [0.2, 0.25) is 0 Å². The normalized spacial score (nSPS) is 11.5. The monoisotopic (exact) mass is 310 g/mol. The second-order valence-corrected chi connectivity index (χ2v) is 5.85. The van der Waals surface area contributed by atoms with E-state index in [-0.39, 0.29) is 0 Å². The van der Waals surface area contributed by atoms with Gasteiger partial charge in [0.2, 0.25) is 0 Å². The molecule has 1 N–H and O–H groups in total. The first-order valence-electron chi connectivity index (χ1n) is 7.85. The number of aromatic nitrogens is 4. The molecular formula is C17H22N6. The third-order valence-electron chi connectivity index (χ3n) is 4.01. The van der Waals surface area contributed by atoms with Crippen LogP contribution in [0, 0.1) is 0 Å². The van der Waals surface area contributed by atoms with E-state index in [2.05, 4.69) is 46.2 Å². The second kappa shape index (κ2) is 6.75. The Hall–Kier alpha value is -2.47. The first-order valence-corrected chi connectivity index (χ1v) is 7.85. The number of nitrogens with zero attached hydrogens (tertiary/aromatic N) is 5. The zero-order chi connectivity index (χ0) is 16.2. The Balaban J connectivity index is 1.82. The smallest absolute Gasteiger partial charge is 0.168 e. The second-order valence-electron chi connectivity index (χ2n) is 5.85. The predicted octanol–water partition coefficient (Wildman–Crippen LogP) is 2.57. The van der Waals surface area contributed by atoms with Crippen LogP contribution in [0.4, 0.5) is 5.82 Å². The number of hydrogen-bond acceptors (Lipinski definition) is 5. The zero-order valence-electron chi connectivity index (χ0n) is 13.8. The van der Waals surface area contributed by atoms with Crippen molar-refractivity contribution in [2.45, 2.75) is 19.9 Å². The maximum Gasteiger partial charge on any atom is 0.168 e. The van der Waals surface area contributed by atoms with Crippen molar-refractivity contribution in [1.82, 2.24) is 24.6 Å². The van der Waals surface area contributed by atoms with Gasteiger partial charge in [0.05, 0.1) is 17.3 Å². The average Bonchev–Trinajstić information content (AvgIpc) is 3.00. The summed E-state index contributed by atoms with van der Waals surface area (Å²) in [5, 5.41) is 8.79. The Morgan fingerprint density at radius 2 is 1.96 bits per heavy atom. The first-order chi connectivity index (χ1) is 11.2. The maximum absolute atomic E-state index is 4.46. The van der Waals surface area contributed by atoms with Crippen molar-refractivity contribution in [3.8, 4) is 5.69 Å². The van der Waals surface area contributed by atoms with Gasteiger partial charge in [0.1, 0.15) is 12.1 Å². The van der Waals surface area contributed by atoms with Crippen molar-refractivity contribution >= 4 is 16.9 Å². The van der Waals surface area contributed by atoms with E-state index in [0.717, 1.165) is 35.6 Å². The molecule has 0 spiro atoms. The van der Waals surface area contributed by atoms with E-state index in [0.29, 0.717) is 6.04 Å². The Kier molecular flexibility index (Phi) is 4.52. The van der Waals surface area contributed by atoms with Gasteiger partial charge in [-0.1, -0.05) is 18.2 Å². The molecule has 0 saturated heterocycles. The lowest BCUT2D eigenvalue weighted by atomic mass is 10.3. The first kappa shape index (κ1) is 15.4. The van der Waals surface area contributed by atoms with E-state index in [9.17, 15) is 0 Å². The van der Waals surface area contributed by atoms with E-state index in [1.54, 1.807) is 6.33 Å². The molecule has 6 nitrogen and oxygen atoms in total. The van der Waals surface area contributed by atoms with Crippen molar-refractivity contribution in [3.05, 3.63) is 42.9 Å². The molecule has 0 unspecified atom stereocenters. The van der Waals surface area contributed by atoms with Crippen molar-refractivity contribution in [1.29, 1.82) is 0 Å². The molecule has 3 rings (SSSR count). The van der Waals surface area contributed by atoms with Crippen LogP contribution >= 0.6 is 0 Å². The molecule has 2 aromatic heterocycles. The number of nitrogens with one attached hydrogen (secondary N) is 1. The van der Waals surface area contributed by atoms with Gasteiger partial charge >= 0.3 is 0 Å². The summed E-state index contributed by atoms with van der Waals surface area (Å²) in [7, 11) is 2.12. The molecule has 0 saturated carbocycles. The minimum absolute atomic E-state index is 0.531. The van der Waals surface area contributed by atoms with Crippen LogP contribution in [0.5, 0.6) is 0 Å². The number of benzene rings is 1. The standard InChI is InChI=1S/C17H22N6/c1-13(2)22(3)10-9-18-16-15-11-21-23(17(15)20-12-19-16)14-7-5-4-6-8-14/h4-8,11-13H,9-10H2,1-3H3,(H,18,19,20). The van der Waals surface area contributed by atoms with Crippen LogP contribution in [-0.2, 0) is 0 Å². The van der Waals surface area contributed by atoms with Gasteiger partial charge in [-0.3, -0.25) is 0 Å². The molecule has 1 aromatic carbocycles. The van der Waals surface area contributed by atoms with Crippen molar-refractivity contribution in [2.24, 2.45) is 0 Å². The van der Waals surface area contributed by atoms with Gasteiger partial charge in [0.25, 0.3) is 0 Å². The van der Waals surface area contributed by atoms with Crippen LogP contribution in [-0.4, -0.2) is 50.8 Å². The van der Waals surface area contributed by atoms with Gasteiger partial charge in [-0.2, -0.15) is 5.10 Å². The molecule has 0 atom stereocenters. The molecule has 0 fully saturated rings. The highest BCUT2D eigenvalue weighted by atomic mass is 15.3. The van der Waals surface area contributed by atoms with Crippen LogP contribution in [0.3, 0.4) is 0 Å². The molecule has 0 radical (unpaired) electrons. The summed E-state index contributed by atoms with van der Waals surface area (Å²) < 4.78 is 1.84. The van der Waals surface area contributed by atoms with E-state index in [1.807, 2.05) is 41.2 Å². The van der Waals surface area contributed by atoms with E-state index in [1.165, 1.54) is 0 Å². The Bertz CT molecular complexity index is 765. The lowest BCUT2D eigenvalue weighted by molar-refractivity contribution is 0.284. The van der Waals surface area contributed by atoms with E-state index < -0.39 is 0 Å². The summed E-state index contributed by atoms with van der Waals surface area (Å²) >= 11 is 0. The summed E-state index contributed by atoms with van der Waals surface area (Å²) in [6.07, 6.45) is 3.40. The molecule has 3 aromatic rings. The van der Waals surface area contributed by atoms with Crippen LogP contribution in [0.25, 0.3) is 16.7 Å². The molecule has 0 bridgehead atoms. The average molecular weight is 310 g/mol.